The van der Waals surface area contributed by atoms with Crippen molar-refractivity contribution >= 4 is 17.3 Å². The van der Waals surface area contributed by atoms with E-state index in [0.29, 0.717) is 0 Å². The number of hydrogen-bond donors (Lipinski definition) is 1. The molecule has 1 nitrogen and oxygen atoms in total. The Morgan fingerprint density at radius 2 is 1.68 bits per heavy atom. The molecule has 0 amide bonds. The molecule has 0 radical (unpaired) electrons. The molecule has 0 spiro atoms. The lowest BCUT2D eigenvalue weighted by Gasteiger charge is -2.20. The molecular formula is C17H20ClN. The van der Waals surface area contributed by atoms with Crippen molar-refractivity contribution in [3.8, 4) is 0 Å². The summed E-state index contributed by atoms with van der Waals surface area (Å²) in [7, 11) is 0. The van der Waals surface area contributed by atoms with E-state index in [4.69, 9.17) is 11.6 Å². The third kappa shape index (κ3) is 3.74. The van der Waals surface area contributed by atoms with Crippen LogP contribution in [0.3, 0.4) is 0 Å². The van der Waals surface area contributed by atoms with E-state index >= 15 is 0 Å². The van der Waals surface area contributed by atoms with Crippen LogP contribution in [-0.4, -0.2) is 0 Å². The summed E-state index contributed by atoms with van der Waals surface area (Å²) in [5.74, 6) is 0. The first-order valence-corrected chi connectivity index (χ1v) is 6.92. The molecule has 0 unspecified atom stereocenters. The highest BCUT2D eigenvalue weighted by Crippen LogP contribution is 2.29. The van der Waals surface area contributed by atoms with Gasteiger partial charge in [-0.05, 0) is 28.7 Å². The number of hydrogen-bond acceptors (Lipinski definition) is 1. The smallest absolute Gasteiger partial charge is 0.0640 e. The first-order chi connectivity index (χ1) is 8.97. The Morgan fingerprint density at radius 3 is 2.26 bits per heavy atom. The molecule has 0 aliphatic rings. The van der Waals surface area contributed by atoms with Gasteiger partial charge in [-0.25, -0.2) is 0 Å². The van der Waals surface area contributed by atoms with Gasteiger partial charge in [0.05, 0.1) is 10.7 Å². The average Bonchev–Trinajstić information content (AvgIpc) is 2.37. The lowest BCUT2D eigenvalue weighted by Crippen LogP contribution is -2.11. The van der Waals surface area contributed by atoms with Gasteiger partial charge in [0, 0.05) is 6.54 Å². The van der Waals surface area contributed by atoms with Gasteiger partial charge >= 0.3 is 0 Å². The Balaban J connectivity index is 2.10. The summed E-state index contributed by atoms with van der Waals surface area (Å²) in [5, 5.41) is 4.16. The molecule has 0 aliphatic heterocycles. The topological polar surface area (TPSA) is 12.0 Å². The number of nitrogens with one attached hydrogen (secondary N) is 1. The van der Waals surface area contributed by atoms with Crippen molar-refractivity contribution < 1.29 is 0 Å². The first kappa shape index (κ1) is 14.0. The average molecular weight is 274 g/mol. The molecule has 100 valence electrons. The second-order valence-corrected chi connectivity index (χ2v) is 6.19. The zero-order chi connectivity index (χ0) is 13.9. The first-order valence-electron chi connectivity index (χ1n) is 6.54. The predicted octanol–water partition coefficient (Wildman–Crippen LogP) is 5.25. The van der Waals surface area contributed by atoms with E-state index in [1.54, 1.807) is 0 Å². The number of halogens is 1. The van der Waals surface area contributed by atoms with Crippen molar-refractivity contribution in [1.82, 2.24) is 0 Å². The van der Waals surface area contributed by atoms with Crippen molar-refractivity contribution in [2.75, 3.05) is 5.32 Å². The Kier molecular flexibility index (Phi) is 4.16. The molecule has 0 aromatic heterocycles. The molecule has 0 fully saturated rings. The molecule has 2 rings (SSSR count). The summed E-state index contributed by atoms with van der Waals surface area (Å²) in [4.78, 5) is 0. The van der Waals surface area contributed by atoms with E-state index in [2.05, 4.69) is 56.4 Å². The molecule has 2 heteroatoms. The summed E-state index contributed by atoms with van der Waals surface area (Å²) in [6.07, 6.45) is 0. The molecular weight excluding hydrogens is 254 g/mol. The minimum Gasteiger partial charge on any atom is -0.380 e. The van der Waals surface area contributed by atoms with Gasteiger partial charge in [-0.1, -0.05) is 68.8 Å². The molecule has 0 atom stereocenters. The minimum atomic E-state index is 0.127. The van der Waals surface area contributed by atoms with E-state index in [9.17, 15) is 0 Å². The molecule has 0 aliphatic carbocycles. The van der Waals surface area contributed by atoms with Crippen molar-refractivity contribution in [3.63, 3.8) is 0 Å². The van der Waals surface area contributed by atoms with Gasteiger partial charge < -0.3 is 5.32 Å². The van der Waals surface area contributed by atoms with Crippen molar-refractivity contribution in [2.45, 2.75) is 32.7 Å². The Hall–Kier alpha value is -1.47. The largest absolute Gasteiger partial charge is 0.380 e. The number of rotatable bonds is 3. The van der Waals surface area contributed by atoms with Crippen LogP contribution in [0.1, 0.15) is 31.9 Å². The van der Waals surface area contributed by atoms with Crippen LogP contribution in [0.4, 0.5) is 5.69 Å². The van der Waals surface area contributed by atoms with Gasteiger partial charge in [0.25, 0.3) is 0 Å². The van der Waals surface area contributed by atoms with Crippen LogP contribution in [0.5, 0.6) is 0 Å². The summed E-state index contributed by atoms with van der Waals surface area (Å²) in [5.41, 5.74) is 3.61. The maximum absolute atomic E-state index is 6.34. The SMILES string of the molecule is CC(C)(C)c1ccc(NCc2ccccc2)c(Cl)c1. The molecule has 0 saturated carbocycles. The lowest BCUT2D eigenvalue weighted by molar-refractivity contribution is 0.590. The van der Waals surface area contributed by atoms with Crippen molar-refractivity contribution in [1.29, 1.82) is 0 Å². The fourth-order valence-corrected chi connectivity index (χ4v) is 2.17. The Bertz CT molecular complexity index is 541. The van der Waals surface area contributed by atoms with Gasteiger partial charge in [-0.3, -0.25) is 0 Å². The molecule has 19 heavy (non-hydrogen) atoms. The van der Waals surface area contributed by atoms with Crippen molar-refractivity contribution in [3.05, 3.63) is 64.7 Å². The highest BCUT2D eigenvalue weighted by atomic mass is 35.5. The maximum atomic E-state index is 6.34. The van der Waals surface area contributed by atoms with Crippen LogP contribution in [0.15, 0.2) is 48.5 Å². The van der Waals surface area contributed by atoms with Gasteiger partial charge in [0.1, 0.15) is 0 Å². The molecule has 2 aromatic rings. The highest BCUT2D eigenvalue weighted by Gasteiger charge is 2.14. The fraction of sp³-hybridized carbons (Fsp3) is 0.294. The van der Waals surface area contributed by atoms with Crippen LogP contribution in [0.25, 0.3) is 0 Å². The van der Waals surface area contributed by atoms with Gasteiger partial charge in [-0.15, -0.1) is 0 Å². The monoisotopic (exact) mass is 273 g/mol. The van der Waals surface area contributed by atoms with Gasteiger partial charge in [-0.2, -0.15) is 0 Å². The fourth-order valence-electron chi connectivity index (χ4n) is 1.92. The zero-order valence-electron chi connectivity index (χ0n) is 11.7. The summed E-state index contributed by atoms with van der Waals surface area (Å²) >= 11 is 6.34. The third-order valence-electron chi connectivity index (χ3n) is 3.16. The standard InChI is InChI=1S/C17H20ClN/c1-17(2,3)14-9-10-16(15(18)11-14)19-12-13-7-5-4-6-8-13/h4-11,19H,12H2,1-3H3. The van der Waals surface area contributed by atoms with Crippen LogP contribution < -0.4 is 5.32 Å². The summed E-state index contributed by atoms with van der Waals surface area (Å²) < 4.78 is 0. The zero-order valence-corrected chi connectivity index (χ0v) is 12.5. The van der Waals surface area contributed by atoms with E-state index in [1.807, 2.05) is 18.2 Å². The van der Waals surface area contributed by atoms with E-state index < -0.39 is 0 Å². The lowest BCUT2D eigenvalue weighted by atomic mass is 9.87. The number of benzene rings is 2. The quantitative estimate of drug-likeness (QED) is 0.805. The third-order valence-corrected chi connectivity index (χ3v) is 3.47. The molecule has 2 aromatic carbocycles. The number of anilines is 1. The Morgan fingerprint density at radius 1 is 1.00 bits per heavy atom. The minimum absolute atomic E-state index is 0.127. The van der Waals surface area contributed by atoms with E-state index in [-0.39, 0.29) is 5.41 Å². The summed E-state index contributed by atoms with van der Waals surface area (Å²) in [6, 6.07) is 16.6. The van der Waals surface area contributed by atoms with Crippen LogP contribution >= 0.6 is 11.6 Å². The molecule has 0 heterocycles. The highest BCUT2D eigenvalue weighted by molar-refractivity contribution is 6.33. The Labute approximate surface area is 120 Å². The molecule has 0 saturated heterocycles. The van der Waals surface area contributed by atoms with Crippen molar-refractivity contribution in [2.24, 2.45) is 0 Å². The van der Waals surface area contributed by atoms with E-state index in [0.717, 1.165) is 17.3 Å². The van der Waals surface area contributed by atoms with Crippen LogP contribution in [-0.2, 0) is 12.0 Å². The van der Waals surface area contributed by atoms with E-state index in [1.165, 1.54) is 11.1 Å². The molecule has 0 bridgehead atoms. The van der Waals surface area contributed by atoms with Gasteiger partial charge in [0.2, 0.25) is 0 Å². The van der Waals surface area contributed by atoms with Gasteiger partial charge in [0.15, 0.2) is 0 Å². The summed E-state index contributed by atoms with van der Waals surface area (Å²) in [6.45, 7) is 7.36. The second kappa shape index (κ2) is 5.66. The normalized spacial score (nSPS) is 11.4. The molecule has 1 N–H and O–H groups in total. The maximum Gasteiger partial charge on any atom is 0.0640 e. The van der Waals surface area contributed by atoms with Crippen LogP contribution in [0.2, 0.25) is 5.02 Å². The predicted molar refractivity (Wildman–Crippen MR) is 83.9 cm³/mol. The second-order valence-electron chi connectivity index (χ2n) is 5.78. The van der Waals surface area contributed by atoms with Crippen LogP contribution in [0, 0.1) is 0 Å².